The van der Waals surface area contributed by atoms with E-state index in [1.165, 1.54) is 4.31 Å². The van der Waals surface area contributed by atoms with Crippen LogP contribution in [0.2, 0.25) is 0 Å². The predicted molar refractivity (Wildman–Crippen MR) is 152 cm³/mol. The highest BCUT2D eigenvalue weighted by molar-refractivity contribution is 7.92. The largest absolute Gasteiger partial charge is 0.307 e. The van der Waals surface area contributed by atoms with E-state index < -0.39 is 16.1 Å². The second-order valence-corrected chi connectivity index (χ2v) is 11.5. The van der Waals surface area contributed by atoms with Gasteiger partial charge in [0.1, 0.15) is 17.7 Å². The number of nitrogens with zero attached hydrogens (tertiary/aromatic N) is 5. The van der Waals surface area contributed by atoms with Gasteiger partial charge in [0, 0.05) is 18.1 Å². The number of pyridine rings is 1. The first-order valence-electron chi connectivity index (χ1n) is 13.0. The maximum Gasteiger partial charge on any atom is 0.265 e. The van der Waals surface area contributed by atoms with Gasteiger partial charge in [-0.05, 0) is 49.1 Å². The van der Waals surface area contributed by atoms with Gasteiger partial charge < -0.3 is 5.32 Å². The number of quaternary nitrogens is 1. The zero-order valence-corrected chi connectivity index (χ0v) is 22.6. The van der Waals surface area contributed by atoms with Gasteiger partial charge >= 0.3 is 0 Å². The van der Waals surface area contributed by atoms with Crippen LogP contribution in [-0.2, 0) is 16.4 Å². The maximum atomic E-state index is 13.5. The molecule has 10 nitrogen and oxygen atoms in total. The Balaban J connectivity index is 1.56. The van der Waals surface area contributed by atoms with Crippen molar-refractivity contribution in [2.75, 3.05) is 11.9 Å². The molecular weight excluding hydrogens is 514 g/mol. The van der Waals surface area contributed by atoms with E-state index in [1.54, 1.807) is 43.0 Å². The van der Waals surface area contributed by atoms with Crippen LogP contribution in [0.15, 0.2) is 88.4 Å². The Morgan fingerprint density at radius 2 is 2.10 bits per heavy atom. The number of carbonyl (C=O) groups is 1. The average molecular weight is 547 g/mol. The van der Waals surface area contributed by atoms with E-state index in [4.69, 9.17) is 10.8 Å². The van der Waals surface area contributed by atoms with Crippen molar-refractivity contribution < 1.29 is 17.8 Å². The molecule has 2 atom stereocenters. The molecule has 1 amide bonds. The number of hydrogen-bond donors (Lipinski definition) is 2. The van der Waals surface area contributed by atoms with E-state index in [1.807, 2.05) is 18.2 Å². The number of carbonyl (C=O) groups excluding carboxylic acids is 1. The van der Waals surface area contributed by atoms with E-state index in [9.17, 15) is 13.2 Å². The molecule has 1 aromatic carbocycles. The first kappa shape index (κ1) is 26.8. The topological polar surface area (TPSA) is 130 Å². The van der Waals surface area contributed by atoms with E-state index in [0.29, 0.717) is 47.1 Å². The second-order valence-electron chi connectivity index (χ2n) is 9.69. The van der Waals surface area contributed by atoms with Gasteiger partial charge in [-0.1, -0.05) is 38.5 Å². The van der Waals surface area contributed by atoms with Crippen molar-refractivity contribution in [1.82, 2.24) is 9.29 Å². The summed E-state index contributed by atoms with van der Waals surface area (Å²) in [6.45, 7) is 5.97. The molecule has 0 spiro atoms. The molecule has 3 N–H and O–H groups in total. The average Bonchev–Trinajstić information content (AvgIpc) is 3.26. The number of amidine groups is 1. The molecule has 39 heavy (non-hydrogen) atoms. The van der Waals surface area contributed by atoms with E-state index >= 15 is 0 Å². The SMILES string of the molecule is C=CS(=O)(=O)N1CCCCC1C1=C2C=NC=C[N+]2(N)C(c2ccccc2C(=O)Nc2cc(CCC)ccn2)=N1. The van der Waals surface area contributed by atoms with Crippen LogP contribution in [0.4, 0.5) is 5.82 Å². The van der Waals surface area contributed by atoms with Crippen LogP contribution >= 0.6 is 0 Å². The molecule has 11 heteroatoms. The zero-order chi connectivity index (χ0) is 27.6. The fourth-order valence-corrected chi connectivity index (χ4v) is 6.39. The maximum absolute atomic E-state index is 13.5. The number of fused-ring (bicyclic) bond motifs is 1. The number of nitrogens with two attached hydrogens (primary N) is 1. The lowest BCUT2D eigenvalue weighted by atomic mass is 10.0. The molecule has 1 fully saturated rings. The minimum atomic E-state index is -3.70. The Bertz CT molecular complexity index is 1540. The Morgan fingerprint density at radius 1 is 1.28 bits per heavy atom. The number of piperidine rings is 1. The molecule has 3 aliphatic heterocycles. The standard InChI is InChI=1S/C28H31N7O3S/c1-3-9-20-13-14-31-25(18-20)32-28(36)22-11-6-5-10-21(22)27-33-26(24-19-30-15-17-35(24,27)29)23-12-7-8-16-34(23)39(37,38)4-2/h4-6,10-11,13-15,17-19,23H,2-3,7-9,12,16,29H2,1H3/p+1. The smallest absolute Gasteiger partial charge is 0.265 e. The van der Waals surface area contributed by atoms with Crippen molar-refractivity contribution in [2.45, 2.75) is 45.1 Å². The van der Waals surface area contributed by atoms with Gasteiger partial charge in [-0.25, -0.2) is 13.4 Å². The van der Waals surface area contributed by atoms with Crippen LogP contribution < -0.4 is 11.2 Å². The Hall–Kier alpha value is -3.77. The number of aliphatic imine (C=N–C) groups is 2. The van der Waals surface area contributed by atoms with Gasteiger partial charge in [0.25, 0.3) is 11.7 Å². The normalized spacial score (nSPS) is 22.9. The van der Waals surface area contributed by atoms with E-state index in [-0.39, 0.29) is 10.5 Å². The number of hydrogen-bond acceptors (Lipinski definition) is 7. The Kier molecular flexibility index (Phi) is 7.41. The predicted octanol–water partition coefficient (Wildman–Crippen LogP) is 3.83. The molecule has 3 aliphatic rings. The molecule has 0 saturated carbocycles. The van der Waals surface area contributed by atoms with Crippen molar-refractivity contribution in [3.8, 4) is 0 Å². The molecule has 2 unspecified atom stereocenters. The summed E-state index contributed by atoms with van der Waals surface area (Å²) in [5.41, 5.74) is 3.08. The van der Waals surface area contributed by atoms with Crippen molar-refractivity contribution in [1.29, 1.82) is 0 Å². The molecule has 4 heterocycles. The third kappa shape index (κ3) is 5.01. The number of benzene rings is 1. The van der Waals surface area contributed by atoms with Crippen LogP contribution in [0.3, 0.4) is 0 Å². The molecule has 5 rings (SSSR count). The highest BCUT2D eigenvalue weighted by Crippen LogP contribution is 2.38. The van der Waals surface area contributed by atoms with Crippen LogP contribution in [-0.4, -0.2) is 52.8 Å². The quantitative estimate of drug-likeness (QED) is 0.384. The van der Waals surface area contributed by atoms with Gasteiger partial charge in [-0.2, -0.15) is 15.1 Å². The van der Waals surface area contributed by atoms with Gasteiger partial charge in [-0.15, -0.1) is 4.59 Å². The summed E-state index contributed by atoms with van der Waals surface area (Å²) in [7, 11) is -3.70. The third-order valence-corrected chi connectivity index (χ3v) is 8.66. The monoisotopic (exact) mass is 546 g/mol. The number of aromatic nitrogens is 1. The van der Waals surface area contributed by atoms with Crippen molar-refractivity contribution in [2.24, 2.45) is 15.8 Å². The molecule has 2 aromatic rings. The molecule has 0 bridgehead atoms. The lowest BCUT2D eigenvalue weighted by Crippen LogP contribution is -2.53. The van der Waals surface area contributed by atoms with E-state index in [0.717, 1.165) is 36.7 Å². The van der Waals surface area contributed by atoms with Crippen molar-refractivity contribution in [3.63, 3.8) is 0 Å². The van der Waals surface area contributed by atoms with Crippen LogP contribution in [0.25, 0.3) is 0 Å². The zero-order valence-electron chi connectivity index (χ0n) is 21.8. The number of nitrogens with one attached hydrogen (secondary N) is 1. The number of rotatable bonds is 8. The van der Waals surface area contributed by atoms with Crippen LogP contribution in [0.5, 0.6) is 0 Å². The van der Waals surface area contributed by atoms with Gasteiger partial charge in [0.15, 0.2) is 0 Å². The fourth-order valence-electron chi connectivity index (χ4n) is 5.26. The lowest BCUT2D eigenvalue weighted by Gasteiger charge is -2.33. The summed E-state index contributed by atoms with van der Waals surface area (Å²) in [4.78, 5) is 27.1. The summed E-state index contributed by atoms with van der Waals surface area (Å²) in [5.74, 6) is 7.46. The highest BCUT2D eigenvalue weighted by atomic mass is 32.2. The summed E-state index contributed by atoms with van der Waals surface area (Å²) in [5, 5.41) is 3.88. The van der Waals surface area contributed by atoms with Crippen LogP contribution in [0, 0.1) is 0 Å². The Labute approximate surface area is 228 Å². The number of sulfonamides is 1. The van der Waals surface area contributed by atoms with E-state index in [2.05, 4.69) is 28.8 Å². The second kappa shape index (κ2) is 10.8. The molecule has 1 saturated heterocycles. The summed E-state index contributed by atoms with van der Waals surface area (Å²) in [6.07, 6.45) is 10.6. The first-order chi connectivity index (χ1) is 18.8. The lowest BCUT2D eigenvalue weighted by molar-refractivity contribution is -0.750. The fraction of sp³-hybridized carbons (Fsp3) is 0.286. The summed E-state index contributed by atoms with van der Waals surface area (Å²) < 4.78 is 26.9. The number of aryl methyl sites for hydroxylation is 1. The minimum Gasteiger partial charge on any atom is -0.307 e. The van der Waals surface area contributed by atoms with Crippen LogP contribution in [0.1, 0.15) is 54.1 Å². The number of anilines is 1. The molecule has 0 radical (unpaired) electrons. The first-order valence-corrected chi connectivity index (χ1v) is 14.5. The van der Waals surface area contributed by atoms with Gasteiger partial charge in [0.05, 0.1) is 29.6 Å². The number of allylic oxidation sites excluding steroid dienone is 1. The minimum absolute atomic E-state index is 0.328. The molecular formula is C28H32N7O3S+. The van der Waals surface area contributed by atoms with Gasteiger partial charge in [0.2, 0.25) is 15.7 Å². The molecule has 202 valence electrons. The molecule has 1 aromatic heterocycles. The number of amides is 1. The van der Waals surface area contributed by atoms with Gasteiger partial charge in [-0.3, -0.25) is 9.79 Å². The summed E-state index contributed by atoms with van der Waals surface area (Å²) >= 11 is 0. The summed E-state index contributed by atoms with van der Waals surface area (Å²) in [6, 6.07) is 10.4. The Morgan fingerprint density at radius 3 is 2.90 bits per heavy atom. The highest BCUT2D eigenvalue weighted by Gasteiger charge is 2.49. The third-order valence-electron chi connectivity index (χ3n) is 7.15. The van der Waals surface area contributed by atoms with Crippen molar-refractivity contribution in [3.05, 3.63) is 95.1 Å². The molecule has 0 aliphatic carbocycles. The van der Waals surface area contributed by atoms with Crippen molar-refractivity contribution >= 4 is 33.8 Å².